The van der Waals surface area contributed by atoms with Crippen molar-refractivity contribution in [3.8, 4) is 17.1 Å². The highest BCUT2D eigenvalue weighted by atomic mass is 19.4. The molecular formula is C22H22F5N7O. The number of aromatic nitrogens is 4. The molecule has 1 atom stereocenters. The van der Waals surface area contributed by atoms with E-state index in [9.17, 15) is 22.0 Å². The number of pyridine rings is 1. The van der Waals surface area contributed by atoms with Gasteiger partial charge < -0.3 is 15.4 Å². The Bertz CT molecular complexity index is 1200. The summed E-state index contributed by atoms with van der Waals surface area (Å²) in [5, 5.41) is 3.98. The van der Waals surface area contributed by atoms with E-state index in [1.54, 1.807) is 4.90 Å². The van der Waals surface area contributed by atoms with E-state index in [1.807, 2.05) is 0 Å². The van der Waals surface area contributed by atoms with Gasteiger partial charge in [0, 0.05) is 44.9 Å². The maximum Gasteiger partial charge on any atom is 0.417 e. The second-order valence-electron chi connectivity index (χ2n) is 8.47. The molecule has 0 bridgehead atoms. The van der Waals surface area contributed by atoms with Gasteiger partial charge in [0.1, 0.15) is 29.6 Å². The Balaban J connectivity index is 1.45. The molecular weight excluding hydrogens is 473 g/mol. The van der Waals surface area contributed by atoms with Gasteiger partial charge in [0.2, 0.25) is 0 Å². The highest BCUT2D eigenvalue weighted by molar-refractivity contribution is 5.75. The largest absolute Gasteiger partial charge is 0.417 e. The molecule has 0 saturated carbocycles. The Morgan fingerprint density at radius 2 is 1.71 bits per heavy atom. The third kappa shape index (κ3) is 4.78. The van der Waals surface area contributed by atoms with E-state index < -0.39 is 28.9 Å². The number of hydrogen-bond acceptors (Lipinski definition) is 7. The van der Waals surface area contributed by atoms with Crippen LogP contribution >= 0.6 is 0 Å². The molecule has 1 aromatic carbocycles. The summed E-state index contributed by atoms with van der Waals surface area (Å²) in [4.78, 5) is 12.2. The molecule has 5 rings (SSSR count). The van der Waals surface area contributed by atoms with Crippen LogP contribution in [0.5, 0.6) is 0 Å². The molecule has 13 heteroatoms. The molecule has 2 aromatic heterocycles. The quantitative estimate of drug-likeness (QED) is 0.557. The molecule has 0 spiro atoms. The number of ether oxygens (including phenoxy) is 1. The first-order valence-corrected chi connectivity index (χ1v) is 11.0. The minimum atomic E-state index is -4.76. The number of benzene rings is 1. The number of nitrogen functional groups attached to an aromatic ring is 1. The second-order valence-corrected chi connectivity index (χ2v) is 8.47. The summed E-state index contributed by atoms with van der Waals surface area (Å²) in [6, 6.07) is 3.91. The first-order valence-electron chi connectivity index (χ1n) is 11.0. The normalized spacial score (nSPS) is 19.5. The van der Waals surface area contributed by atoms with Gasteiger partial charge in [0.05, 0.1) is 23.4 Å². The summed E-state index contributed by atoms with van der Waals surface area (Å²) < 4.78 is 75.8. The summed E-state index contributed by atoms with van der Waals surface area (Å²) in [6.45, 7) is 3.73. The molecule has 0 aliphatic carbocycles. The van der Waals surface area contributed by atoms with Gasteiger partial charge in [0.15, 0.2) is 5.82 Å². The fraction of sp³-hybridized carbons (Fsp3) is 0.409. The van der Waals surface area contributed by atoms with Crippen LogP contribution in [0.25, 0.3) is 17.1 Å². The molecule has 0 amide bonds. The van der Waals surface area contributed by atoms with Gasteiger partial charge in [-0.15, -0.1) is 5.10 Å². The molecule has 3 aromatic rings. The molecule has 2 aliphatic heterocycles. The molecule has 2 fully saturated rings. The summed E-state index contributed by atoms with van der Waals surface area (Å²) in [6.07, 6.45) is -2.76. The zero-order valence-corrected chi connectivity index (χ0v) is 18.5. The molecule has 35 heavy (non-hydrogen) atoms. The Morgan fingerprint density at radius 3 is 2.34 bits per heavy atom. The monoisotopic (exact) mass is 495 g/mol. The van der Waals surface area contributed by atoms with Crippen molar-refractivity contribution in [2.45, 2.75) is 18.6 Å². The van der Waals surface area contributed by atoms with Gasteiger partial charge in [-0.3, -0.25) is 4.90 Å². The number of halogens is 5. The maximum absolute atomic E-state index is 14.1. The van der Waals surface area contributed by atoms with Crippen LogP contribution < -0.4 is 10.6 Å². The van der Waals surface area contributed by atoms with Crippen molar-refractivity contribution in [1.29, 1.82) is 0 Å². The Kier molecular flexibility index (Phi) is 6.05. The lowest BCUT2D eigenvalue weighted by Crippen LogP contribution is -2.50. The van der Waals surface area contributed by atoms with Crippen molar-refractivity contribution in [3.05, 3.63) is 47.8 Å². The van der Waals surface area contributed by atoms with Crippen molar-refractivity contribution >= 4 is 11.6 Å². The number of anilines is 2. The van der Waals surface area contributed by atoms with Crippen LogP contribution in [0.2, 0.25) is 0 Å². The number of piperazine rings is 1. The minimum absolute atomic E-state index is 0.0384. The molecule has 2 saturated heterocycles. The van der Waals surface area contributed by atoms with Crippen LogP contribution in [0, 0.1) is 11.6 Å². The van der Waals surface area contributed by atoms with Crippen molar-refractivity contribution in [2.24, 2.45) is 0 Å². The predicted molar refractivity (Wildman–Crippen MR) is 117 cm³/mol. The fourth-order valence-corrected chi connectivity index (χ4v) is 4.47. The standard InChI is InChI=1S/C22H22F5N7O/c23-13-7-14(24)9-16(8-13)34-12-29-21(31-34)19-17(22(25,26)27)10-18(30-20(19)28)33-4-2-32(3-5-33)15-1-6-35-11-15/h7-10,12,15H,1-6,11H2,(H2,28,30). The van der Waals surface area contributed by atoms with Crippen LogP contribution in [-0.2, 0) is 10.9 Å². The van der Waals surface area contributed by atoms with Crippen molar-refractivity contribution in [3.63, 3.8) is 0 Å². The Hall–Kier alpha value is -3.32. The van der Waals surface area contributed by atoms with Gasteiger partial charge in [-0.1, -0.05) is 0 Å². The summed E-state index contributed by atoms with van der Waals surface area (Å²) in [5.41, 5.74) is 4.45. The molecule has 0 radical (unpaired) electrons. The van der Waals surface area contributed by atoms with E-state index in [4.69, 9.17) is 10.5 Å². The first kappa shape index (κ1) is 23.4. The number of alkyl halides is 3. The van der Waals surface area contributed by atoms with Crippen LogP contribution in [-0.4, -0.2) is 70.1 Å². The molecule has 2 aliphatic rings. The van der Waals surface area contributed by atoms with Crippen molar-refractivity contribution < 1.29 is 26.7 Å². The smallest absolute Gasteiger partial charge is 0.383 e. The van der Waals surface area contributed by atoms with Crippen molar-refractivity contribution in [1.82, 2.24) is 24.6 Å². The molecule has 186 valence electrons. The third-order valence-electron chi connectivity index (χ3n) is 6.23. The lowest BCUT2D eigenvalue weighted by molar-refractivity contribution is -0.137. The number of hydrogen-bond donors (Lipinski definition) is 1. The third-order valence-corrected chi connectivity index (χ3v) is 6.23. The highest BCUT2D eigenvalue weighted by Crippen LogP contribution is 2.40. The topological polar surface area (TPSA) is 85.3 Å². The number of rotatable bonds is 4. The molecule has 4 heterocycles. The average Bonchev–Trinajstić information content (AvgIpc) is 3.50. The second kappa shape index (κ2) is 9.04. The number of nitrogens with zero attached hydrogens (tertiary/aromatic N) is 6. The summed E-state index contributed by atoms with van der Waals surface area (Å²) >= 11 is 0. The zero-order valence-electron chi connectivity index (χ0n) is 18.5. The number of nitrogens with two attached hydrogens (primary N) is 1. The average molecular weight is 495 g/mol. The van der Waals surface area contributed by atoms with Gasteiger partial charge in [-0.25, -0.2) is 23.4 Å². The van der Waals surface area contributed by atoms with Gasteiger partial charge in [-0.05, 0) is 24.6 Å². The zero-order chi connectivity index (χ0) is 24.7. The highest BCUT2D eigenvalue weighted by Gasteiger charge is 2.38. The Morgan fingerprint density at radius 1 is 1.00 bits per heavy atom. The first-order chi connectivity index (χ1) is 16.7. The molecule has 1 unspecified atom stereocenters. The summed E-state index contributed by atoms with van der Waals surface area (Å²) in [5.74, 6) is -2.35. The Labute approximate surface area is 197 Å². The van der Waals surface area contributed by atoms with Crippen LogP contribution in [0.3, 0.4) is 0 Å². The predicted octanol–water partition coefficient (Wildman–Crippen LogP) is 3.12. The fourth-order valence-electron chi connectivity index (χ4n) is 4.47. The van der Waals surface area contributed by atoms with E-state index in [-0.39, 0.29) is 23.1 Å². The van der Waals surface area contributed by atoms with E-state index in [1.165, 1.54) is 0 Å². The van der Waals surface area contributed by atoms with E-state index in [2.05, 4.69) is 20.0 Å². The van der Waals surface area contributed by atoms with Gasteiger partial charge >= 0.3 is 6.18 Å². The van der Waals surface area contributed by atoms with E-state index in [0.717, 1.165) is 42.2 Å². The van der Waals surface area contributed by atoms with Crippen LogP contribution in [0.1, 0.15) is 12.0 Å². The lowest BCUT2D eigenvalue weighted by atomic mass is 10.1. The lowest BCUT2D eigenvalue weighted by Gasteiger charge is -2.38. The SMILES string of the molecule is Nc1nc(N2CCN(C3CCOC3)CC2)cc(C(F)(F)F)c1-c1ncn(-c2cc(F)cc(F)c2)n1. The van der Waals surface area contributed by atoms with Gasteiger partial charge in [0.25, 0.3) is 0 Å². The van der Waals surface area contributed by atoms with E-state index in [0.29, 0.717) is 44.9 Å². The van der Waals surface area contributed by atoms with Crippen molar-refractivity contribution in [2.75, 3.05) is 50.0 Å². The van der Waals surface area contributed by atoms with Crippen LogP contribution in [0.15, 0.2) is 30.6 Å². The minimum Gasteiger partial charge on any atom is -0.383 e. The molecule has 2 N–H and O–H groups in total. The van der Waals surface area contributed by atoms with E-state index >= 15 is 0 Å². The maximum atomic E-state index is 14.1. The summed E-state index contributed by atoms with van der Waals surface area (Å²) in [7, 11) is 0. The molecule has 8 nitrogen and oxygen atoms in total. The van der Waals surface area contributed by atoms with Crippen LogP contribution in [0.4, 0.5) is 33.6 Å². The van der Waals surface area contributed by atoms with Gasteiger partial charge in [-0.2, -0.15) is 13.2 Å².